The largest absolute Gasteiger partial charge is 0.462 e. The van der Waals surface area contributed by atoms with Gasteiger partial charge in [-0.15, -0.1) is 0 Å². The molecule has 0 heterocycles. The van der Waals surface area contributed by atoms with Gasteiger partial charge in [-0.25, -0.2) is 4.79 Å². The number of ether oxygens (including phenoxy) is 1. The summed E-state index contributed by atoms with van der Waals surface area (Å²) in [6, 6.07) is 7.72. The first-order valence-electron chi connectivity index (χ1n) is 7.04. The molecule has 0 bridgehead atoms. The Balaban J connectivity index is 2.29. The molecule has 23 heavy (non-hydrogen) atoms. The molecule has 0 saturated carbocycles. The highest BCUT2D eigenvalue weighted by Crippen LogP contribution is 2.36. The Hall–Kier alpha value is -3.15. The van der Waals surface area contributed by atoms with Crippen LogP contribution in [0.25, 0.3) is 0 Å². The standard InChI is InChI=1S/C17H14N2O4/c1-2-23-17(22)10-7-11(18)12-13(14(10)19)16(21)9-6-4-3-5-8(9)15(12)20/h3-7H,2,18-19H2,1H3. The first-order valence-corrected chi connectivity index (χ1v) is 7.04. The summed E-state index contributed by atoms with van der Waals surface area (Å²) in [6.45, 7) is 1.81. The summed E-state index contributed by atoms with van der Waals surface area (Å²) in [6.07, 6.45) is 0. The number of anilines is 2. The molecular formula is C17H14N2O4. The van der Waals surface area contributed by atoms with Gasteiger partial charge in [-0.3, -0.25) is 9.59 Å². The van der Waals surface area contributed by atoms with Gasteiger partial charge in [-0.05, 0) is 13.0 Å². The second-order valence-corrected chi connectivity index (χ2v) is 5.10. The molecule has 0 atom stereocenters. The third-order valence-electron chi connectivity index (χ3n) is 3.76. The maximum absolute atomic E-state index is 12.7. The second-order valence-electron chi connectivity index (χ2n) is 5.10. The van der Waals surface area contributed by atoms with E-state index in [1.54, 1.807) is 31.2 Å². The van der Waals surface area contributed by atoms with E-state index in [4.69, 9.17) is 16.2 Å². The number of ketones is 2. The summed E-state index contributed by atoms with van der Waals surface area (Å²) in [7, 11) is 0. The van der Waals surface area contributed by atoms with Crippen LogP contribution >= 0.6 is 0 Å². The average molecular weight is 310 g/mol. The molecule has 2 aromatic carbocycles. The van der Waals surface area contributed by atoms with Crippen LogP contribution in [-0.2, 0) is 4.74 Å². The van der Waals surface area contributed by atoms with Crippen molar-refractivity contribution in [3.8, 4) is 0 Å². The van der Waals surface area contributed by atoms with E-state index in [9.17, 15) is 14.4 Å². The third-order valence-corrected chi connectivity index (χ3v) is 3.76. The molecule has 0 aromatic heterocycles. The fraction of sp³-hybridized carbons (Fsp3) is 0.118. The number of hydrogen-bond acceptors (Lipinski definition) is 6. The van der Waals surface area contributed by atoms with Crippen LogP contribution in [0.4, 0.5) is 11.4 Å². The fourth-order valence-electron chi connectivity index (χ4n) is 2.73. The van der Waals surface area contributed by atoms with Gasteiger partial charge in [0.05, 0.1) is 29.0 Å². The van der Waals surface area contributed by atoms with Gasteiger partial charge in [0, 0.05) is 16.8 Å². The lowest BCUT2D eigenvalue weighted by molar-refractivity contribution is 0.0527. The Bertz CT molecular complexity index is 871. The number of hydrogen-bond donors (Lipinski definition) is 2. The molecule has 0 saturated heterocycles. The van der Waals surface area contributed by atoms with E-state index in [1.165, 1.54) is 6.07 Å². The third kappa shape index (κ3) is 2.07. The van der Waals surface area contributed by atoms with Crippen molar-refractivity contribution in [2.24, 2.45) is 0 Å². The van der Waals surface area contributed by atoms with Gasteiger partial charge < -0.3 is 16.2 Å². The number of carbonyl (C=O) groups excluding carboxylic acids is 3. The quantitative estimate of drug-likeness (QED) is 0.551. The van der Waals surface area contributed by atoms with Gasteiger partial charge in [-0.1, -0.05) is 24.3 Å². The minimum Gasteiger partial charge on any atom is -0.462 e. The molecule has 3 rings (SSSR count). The number of nitrogens with two attached hydrogens (primary N) is 2. The van der Waals surface area contributed by atoms with E-state index in [2.05, 4.69) is 0 Å². The SMILES string of the molecule is CCOC(=O)c1cc(N)c2c(c1N)C(=O)c1ccccc1C2=O. The lowest BCUT2D eigenvalue weighted by Crippen LogP contribution is -2.25. The highest BCUT2D eigenvalue weighted by atomic mass is 16.5. The molecule has 0 fully saturated rings. The zero-order valence-corrected chi connectivity index (χ0v) is 12.4. The lowest BCUT2D eigenvalue weighted by Gasteiger charge is -2.21. The molecular weight excluding hydrogens is 296 g/mol. The van der Waals surface area contributed by atoms with Crippen LogP contribution < -0.4 is 11.5 Å². The molecule has 4 N–H and O–H groups in total. The first kappa shape index (κ1) is 14.8. The molecule has 0 radical (unpaired) electrons. The van der Waals surface area contributed by atoms with Crippen LogP contribution in [0.3, 0.4) is 0 Å². The zero-order chi connectivity index (χ0) is 16.7. The predicted octanol–water partition coefficient (Wildman–Crippen LogP) is 1.80. The number of carbonyl (C=O) groups is 3. The molecule has 0 aliphatic heterocycles. The molecule has 1 aliphatic carbocycles. The van der Waals surface area contributed by atoms with E-state index < -0.39 is 11.8 Å². The van der Waals surface area contributed by atoms with Gasteiger partial charge in [0.2, 0.25) is 0 Å². The first-order chi connectivity index (χ1) is 11.0. The van der Waals surface area contributed by atoms with Crippen LogP contribution in [-0.4, -0.2) is 24.1 Å². The van der Waals surface area contributed by atoms with E-state index in [-0.39, 0.29) is 51.6 Å². The smallest absolute Gasteiger partial charge is 0.340 e. The van der Waals surface area contributed by atoms with Gasteiger partial charge in [0.15, 0.2) is 11.6 Å². The molecule has 0 spiro atoms. The van der Waals surface area contributed by atoms with E-state index in [0.717, 1.165) is 0 Å². The number of rotatable bonds is 2. The fourth-order valence-corrected chi connectivity index (χ4v) is 2.73. The zero-order valence-electron chi connectivity index (χ0n) is 12.4. The van der Waals surface area contributed by atoms with Crippen molar-refractivity contribution in [1.29, 1.82) is 0 Å². The van der Waals surface area contributed by atoms with Crippen LogP contribution in [0, 0.1) is 0 Å². The Morgan fingerprint density at radius 2 is 1.61 bits per heavy atom. The summed E-state index contributed by atoms with van der Waals surface area (Å²) in [5, 5.41) is 0. The minimum absolute atomic E-state index is 0.0105. The number of esters is 1. The summed E-state index contributed by atoms with van der Waals surface area (Å²) in [5.74, 6) is -1.49. The van der Waals surface area contributed by atoms with Crippen molar-refractivity contribution in [2.75, 3.05) is 18.1 Å². The number of nitrogen functional groups attached to an aromatic ring is 2. The Kier molecular flexibility index (Phi) is 3.37. The second kappa shape index (κ2) is 5.24. The maximum Gasteiger partial charge on any atom is 0.340 e. The summed E-state index contributed by atoms with van der Waals surface area (Å²) < 4.78 is 4.92. The normalized spacial score (nSPS) is 12.6. The summed E-state index contributed by atoms with van der Waals surface area (Å²) >= 11 is 0. The Morgan fingerprint density at radius 1 is 1.04 bits per heavy atom. The Labute approximate surface area is 132 Å². The number of benzene rings is 2. The molecule has 6 nitrogen and oxygen atoms in total. The number of fused-ring (bicyclic) bond motifs is 2. The van der Waals surface area contributed by atoms with Gasteiger partial charge >= 0.3 is 5.97 Å². The topological polar surface area (TPSA) is 112 Å². The van der Waals surface area contributed by atoms with Crippen LogP contribution in [0.5, 0.6) is 0 Å². The van der Waals surface area contributed by atoms with Crippen molar-refractivity contribution in [2.45, 2.75) is 6.92 Å². The molecule has 0 unspecified atom stereocenters. The maximum atomic E-state index is 12.7. The molecule has 0 amide bonds. The predicted molar refractivity (Wildman–Crippen MR) is 84.5 cm³/mol. The highest BCUT2D eigenvalue weighted by Gasteiger charge is 2.35. The van der Waals surface area contributed by atoms with Crippen molar-refractivity contribution in [1.82, 2.24) is 0 Å². The highest BCUT2D eigenvalue weighted by molar-refractivity contribution is 6.32. The van der Waals surface area contributed by atoms with Gasteiger partial charge in [0.25, 0.3) is 0 Å². The van der Waals surface area contributed by atoms with Gasteiger partial charge in [-0.2, -0.15) is 0 Å². The van der Waals surface area contributed by atoms with Crippen molar-refractivity contribution in [3.05, 3.63) is 58.1 Å². The molecule has 2 aromatic rings. The lowest BCUT2D eigenvalue weighted by atomic mass is 9.81. The molecule has 6 heteroatoms. The molecule has 116 valence electrons. The average Bonchev–Trinajstić information content (AvgIpc) is 2.54. The monoisotopic (exact) mass is 310 g/mol. The van der Waals surface area contributed by atoms with Crippen molar-refractivity contribution >= 4 is 28.9 Å². The van der Waals surface area contributed by atoms with Crippen LogP contribution in [0.15, 0.2) is 30.3 Å². The summed E-state index contributed by atoms with van der Waals surface area (Å²) in [4.78, 5) is 37.3. The Morgan fingerprint density at radius 3 is 2.17 bits per heavy atom. The van der Waals surface area contributed by atoms with Crippen LogP contribution in [0.2, 0.25) is 0 Å². The van der Waals surface area contributed by atoms with Crippen molar-refractivity contribution in [3.63, 3.8) is 0 Å². The van der Waals surface area contributed by atoms with E-state index >= 15 is 0 Å². The minimum atomic E-state index is -0.682. The van der Waals surface area contributed by atoms with Gasteiger partial charge in [0.1, 0.15) is 0 Å². The molecule has 1 aliphatic rings. The van der Waals surface area contributed by atoms with E-state index in [1.807, 2.05) is 0 Å². The van der Waals surface area contributed by atoms with E-state index in [0.29, 0.717) is 0 Å². The summed E-state index contributed by atoms with van der Waals surface area (Å²) in [5.41, 5.74) is 12.4. The van der Waals surface area contributed by atoms with Crippen LogP contribution in [0.1, 0.15) is 49.1 Å². The van der Waals surface area contributed by atoms with Crippen molar-refractivity contribution < 1.29 is 19.1 Å².